The van der Waals surface area contributed by atoms with Gasteiger partial charge in [0.1, 0.15) is 5.75 Å². The molecule has 1 aliphatic carbocycles. The molecule has 2 fully saturated rings. The number of phenolic OH excluding ortho intramolecular Hbond substituents is 1. The van der Waals surface area contributed by atoms with Crippen molar-refractivity contribution in [3.63, 3.8) is 0 Å². The topological polar surface area (TPSA) is 99.1 Å². The first-order valence-electron chi connectivity index (χ1n) is 15.5. The maximum absolute atomic E-state index is 13.9. The van der Waals surface area contributed by atoms with E-state index < -0.39 is 11.8 Å². The van der Waals surface area contributed by atoms with Crippen LogP contribution in [0.15, 0.2) is 83.4 Å². The molecule has 0 unspecified atom stereocenters. The predicted octanol–water partition coefficient (Wildman–Crippen LogP) is 6.84. The summed E-state index contributed by atoms with van der Waals surface area (Å²) in [6.07, 6.45) is 4.80. The highest BCUT2D eigenvalue weighted by Gasteiger charge is 2.57. The third kappa shape index (κ3) is 5.58. The van der Waals surface area contributed by atoms with Gasteiger partial charge in [-0.1, -0.05) is 36.8 Å². The maximum Gasteiger partial charge on any atom is 0.238 e. The molecule has 0 bridgehead atoms. The zero-order valence-electron chi connectivity index (χ0n) is 25.5. The fourth-order valence-electron chi connectivity index (χ4n) is 7.23. The number of aliphatic hydroxyl groups excluding tert-OH is 1. The molecule has 7 nitrogen and oxygen atoms in total. The minimum absolute atomic E-state index is 0.140. The molecule has 2 amide bonds. The van der Waals surface area contributed by atoms with Gasteiger partial charge in [0, 0.05) is 17.3 Å². The van der Waals surface area contributed by atoms with E-state index in [-0.39, 0.29) is 30.4 Å². The average molecular weight is 593 g/mol. The molecule has 6 rings (SSSR count). The molecule has 3 aromatic carbocycles. The van der Waals surface area contributed by atoms with Gasteiger partial charge in [-0.25, -0.2) is 0 Å². The fourth-order valence-corrected chi connectivity index (χ4v) is 7.23. The van der Waals surface area contributed by atoms with E-state index in [2.05, 4.69) is 18.3 Å². The molecular weight excluding hydrogens is 552 g/mol. The van der Waals surface area contributed by atoms with Crippen LogP contribution in [0.5, 0.6) is 5.75 Å². The van der Waals surface area contributed by atoms with Crippen molar-refractivity contribution < 1.29 is 24.5 Å². The van der Waals surface area contributed by atoms with E-state index in [0.29, 0.717) is 24.5 Å². The van der Waals surface area contributed by atoms with Gasteiger partial charge in [0.2, 0.25) is 11.8 Å². The number of aryl methyl sites for hydroxylation is 2. The molecule has 2 saturated heterocycles. The number of ether oxygens (including phenoxy) is 1. The van der Waals surface area contributed by atoms with Crippen LogP contribution in [-0.4, -0.2) is 41.3 Å². The van der Waals surface area contributed by atoms with Crippen molar-refractivity contribution in [1.82, 2.24) is 0 Å². The van der Waals surface area contributed by atoms with Crippen LogP contribution < -0.4 is 10.2 Å². The van der Waals surface area contributed by atoms with Crippen molar-refractivity contribution >= 4 is 35.0 Å². The van der Waals surface area contributed by atoms with E-state index in [9.17, 15) is 19.8 Å². The molecular formula is C37H40N2O5. The molecule has 44 heavy (non-hydrogen) atoms. The zero-order chi connectivity index (χ0) is 31.0. The van der Waals surface area contributed by atoms with Gasteiger partial charge in [-0.15, -0.1) is 0 Å². The highest BCUT2D eigenvalue weighted by atomic mass is 16.5. The molecule has 2 aliphatic heterocycles. The number of rotatable bonds is 9. The zero-order valence-corrected chi connectivity index (χ0v) is 25.5. The van der Waals surface area contributed by atoms with Crippen LogP contribution in [-0.2, 0) is 14.3 Å². The molecule has 3 N–H and O–H groups in total. The summed E-state index contributed by atoms with van der Waals surface area (Å²) in [5, 5.41) is 23.9. The third-order valence-electron chi connectivity index (χ3n) is 9.45. The number of aromatic hydroxyl groups is 1. The molecule has 4 atom stereocenters. The Bertz CT molecular complexity index is 1600. The van der Waals surface area contributed by atoms with Crippen LogP contribution in [0.25, 0.3) is 6.08 Å². The number of amides is 2. The Kier molecular flexibility index (Phi) is 8.43. The molecule has 7 heteroatoms. The minimum Gasteiger partial charge on any atom is -0.507 e. The number of hydrogen-bond donors (Lipinski definition) is 3. The Morgan fingerprint density at radius 2 is 1.66 bits per heavy atom. The number of imide groups is 1. The van der Waals surface area contributed by atoms with Crippen LogP contribution in [0.4, 0.5) is 17.1 Å². The van der Waals surface area contributed by atoms with Gasteiger partial charge in [0.05, 0.1) is 36.8 Å². The van der Waals surface area contributed by atoms with Gasteiger partial charge < -0.3 is 20.3 Å². The van der Waals surface area contributed by atoms with Crippen LogP contribution in [0.2, 0.25) is 0 Å². The fraction of sp³-hybridized carbons (Fsp3) is 0.351. The van der Waals surface area contributed by atoms with Gasteiger partial charge in [-0.2, -0.15) is 0 Å². The van der Waals surface area contributed by atoms with Crippen molar-refractivity contribution in [1.29, 1.82) is 0 Å². The van der Waals surface area contributed by atoms with Gasteiger partial charge in [0.15, 0.2) is 0 Å². The molecule has 0 radical (unpaired) electrons. The molecule has 228 valence electrons. The Morgan fingerprint density at radius 1 is 0.977 bits per heavy atom. The van der Waals surface area contributed by atoms with Crippen molar-refractivity contribution in [2.24, 2.45) is 17.8 Å². The molecule has 3 aromatic rings. The Hall–Kier alpha value is -4.20. The number of anilines is 3. The number of carbonyl (C=O) groups excluding carboxylic acids is 2. The third-order valence-corrected chi connectivity index (χ3v) is 9.45. The monoisotopic (exact) mass is 592 g/mol. The first kappa shape index (κ1) is 29.9. The average Bonchev–Trinajstić information content (AvgIpc) is 3.56. The number of fused-ring (bicyclic) bond motifs is 3. The second-order valence-electron chi connectivity index (χ2n) is 12.2. The second kappa shape index (κ2) is 12.4. The van der Waals surface area contributed by atoms with E-state index in [1.165, 1.54) is 10.5 Å². The summed E-state index contributed by atoms with van der Waals surface area (Å²) in [4.78, 5) is 28.9. The number of benzene rings is 3. The maximum atomic E-state index is 13.9. The number of nitrogens with one attached hydrogen (secondary N) is 1. The lowest BCUT2D eigenvalue weighted by molar-refractivity contribution is -0.122. The standard InChI is InChI=1S/C37H40N2O5/c1-4-24(18-25-16-22(2)35(41)23(3)17-25)10-15-32-33-26(20-40)19-30-34(31(33)21-44-32)37(43)39(36(30)42)29-13-11-28(12-14-29)38-27-8-6-5-7-9-27/h5-9,11-14,16-18,30-32,34,38,40-41H,4,10,15,19-21H2,1-3H3/b24-18+/t30-,31+,32-,34-/m1/s1. The van der Waals surface area contributed by atoms with Crippen LogP contribution in [0.1, 0.15) is 49.3 Å². The second-order valence-corrected chi connectivity index (χ2v) is 12.2. The minimum atomic E-state index is -0.491. The SMILES string of the molecule is CC/C(=C\c1cc(C)c(O)c(C)c1)CC[C@H]1OC[C@H]2C1=C(CO)C[C@H]1C(=O)N(c3ccc(Nc4ccccc4)cc3)C(=O)[C@H]12. The molecule has 3 aliphatic rings. The van der Waals surface area contributed by atoms with Gasteiger partial charge in [-0.3, -0.25) is 14.5 Å². The number of nitrogens with zero attached hydrogens (tertiary/aromatic N) is 1. The first-order valence-corrected chi connectivity index (χ1v) is 15.5. The lowest BCUT2D eigenvalue weighted by Crippen LogP contribution is -2.35. The molecule has 0 aromatic heterocycles. The van der Waals surface area contributed by atoms with Gasteiger partial charge in [-0.05, 0) is 116 Å². The lowest BCUT2D eigenvalue weighted by Gasteiger charge is -2.31. The Morgan fingerprint density at radius 3 is 2.32 bits per heavy atom. The summed E-state index contributed by atoms with van der Waals surface area (Å²) in [6, 6.07) is 21.2. The summed E-state index contributed by atoms with van der Waals surface area (Å²) in [5.74, 6) is -1.23. The van der Waals surface area contributed by atoms with Crippen LogP contribution in [0.3, 0.4) is 0 Å². The molecule has 0 saturated carbocycles. The Labute approximate surface area is 258 Å². The van der Waals surface area contributed by atoms with Crippen molar-refractivity contribution in [3.8, 4) is 5.75 Å². The predicted molar refractivity (Wildman–Crippen MR) is 173 cm³/mol. The smallest absolute Gasteiger partial charge is 0.238 e. The summed E-state index contributed by atoms with van der Waals surface area (Å²) in [6.45, 7) is 6.18. The quantitative estimate of drug-likeness (QED) is 0.186. The number of para-hydroxylation sites is 1. The van der Waals surface area contributed by atoms with Crippen LogP contribution >= 0.6 is 0 Å². The van der Waals surface area contributed by atoms with Crippen LogP contribution in [0, 0.1) is 31.6 Å². The molecule has 2 heterocycles. The number of allylic oxidation sites excluding steroid dienone is 1. The largest absolute Gasteiger partial charge is 0.507 e. The van der Waals surface area contributed by atoms with E-state index in [4.69, 9.17) is 4.74 Å². The lowest BCUT2D eigenvalue weighted by atomic mass is 9.69. The highest BCUT2D eigenvalue weighted by Crippen LogP contribution is 2.50. The Balaban J connectivity index is 1.18. The number of hydrogen-bond acceptors (Lipinski definition) is 6. The summed E-state index contributed by atoms with van der Waals surface area (Å²) in [7, 11) is 0. The highest BCUT2D eigenvalue weighted by molar-refractivity contribution is 6.22. The number of aliphatic hydroxyl groups is 1. The number of phenols is 1. The summed E-state index contributed by atoms with van der Waals surface area (Å²) >= 11 is 0. The molecule has 0 spiro atoms. The normalized spacial score (nSPS) is 23.3. The van der Waals surface area contributed by atoms with E-state index >= 15 is 0 Å². The number of carbonyl (C=O) groups is 2. The van der Waals surface area contributed by atoms with E-state index in [1.807, 2.05) is 80.6 Å². The van der Waals surface area contributed by atoms with Crippen molar-refractivity contribution in [3.05, 3.63) is 100 Å². The van der Waals surface area contributed by atoms with E-state index in [0.717, 1.165) is 58.5 Å². The summed E-state index contributed by atoms with van der Waals surface area (Å²) < 4.78 is 6.32. The first-order chi connectivity index (χ1) is 21.3. The van der Waals surface area contributed by atoms with Crippen molar-refractivity contribution in [2.45, 2.75) is 52.6 Å². The van der Waals surface area contributed by atoms with Gasteiger partial charge >= 0.3 is 0 Å². The van der Waals surface area contributed by atoms with Crippen molar-refractivity contribution in [2.75, 3.05) is 23.4 Å². The van der Waals surface area contributed by atoms with E-state index in [1.54, 1.807) is 0 Å². The summed E-state index contributed by atoms with van der Waals surface area (Å²) in [5.41, 5.74) is 8.29. The van der Waals surface area contributed by atoms with Gasteiger partial charge in [0.25, 0.3) is 0 Å².